The fourth-order valence-electron chi connectivity index (χ4n) is 2.07. The lowest BCUT2D eigenvalue weighted by atomic mass is 10.1. The first-order valence-electron chi connectivity index (χ1n) is 8.27. The van der Waals surface area contributed by atoms with Crippen molar-refractivity contribution in [3.05, 3.63) is 5.82 Å². The van der Waals surface area contributed by atoms with E-state index >= 15 is 0 Å². The Kier molecular flexibility index (Phi) is 4.73. The minimum absolute atomic E-state index is 0.0475. The van der Waals surface area contributed by atoms with Gasteiger partial charge in [0.15, 0.2) is 0 Å². The molecule has 0 aliphatic heterocycles. The minimum Gasteiger partial charge on any atom is -0.395 e. The Morgan fingerprint density at radius 2 is 1.92 bits per heavy atom. The summed E-state index contributed by atoms with van der Waals surface area (Å²) in [7, 11) is 0. The summed E-state index contributed by atoms with van der Waals surface area (Å²) in [6.45, 7) is 1.62. The minimum atomic E-state index is -4.41. The van der Waals surface area contributed by atoms with Gasteiger partial charge in [-0.15, -0.1) is 0 Å². The van der Waals surface area contributed by atoms with E-state index < -0.39 is 17.6 Å². The molecular formula is C16H20F3N5O. The molecule has 6 nitrogen and oxygen atoms in total. The molecule has 1 atom stereocenters. The highest BCUT2D eigenvalue weighted by Gasteiger charge is 2.40. The van der Waals surface area contributed by atoms with E-state index in [4.69, 9.17) is 0 Å². The smallest absolute Gasteiger partial charge is 0.395 e. The highest BCUT2D eigenvalue weighted by molar-refractivity contribution is 5.40. The zero-order valence-electron chi connectivity index (χ0n) is 13.8. The van der Waals surface area contributed by atoms with E-state index in [0.29, 0.717) is 12.5 Å². The molecule has 136 valence electrons. The molecule has 0 spiro atoms. The van der Waals surface area contributed by atoms with E-state index in [2.05, 4.69) is 37.4 Å². The summed E-state index contributed by atoms with van der Waals surface area (Å²) in [5.74, 6) is 6.36. The number of aliphatic hydroxyl groups is 1. The van der Waals surface area contributed by atoms with Gasteiger partial charge in [-0.2, -0.15) is 28.1 Å². The summed E-state index contributed by atoms with van der Waals surface area (Å²) in [6, 6.07) is -1.79. The van der Waals surface area contributed by atoms with Crippen molar-refractivity contribution in [1.29, 1.82) is 0 Å². The fourth-order valence-corrected chi connectivity index (χ4v) is 2.07. The van der Waals surface area contributed by atoms with Crippen molar-refractivity contribution in [2.45, 2.75) is 44.8 Å². The monoisotopic (exact) mass is 355 g/mol. The lowest BCUT2D eigenvalue weighted by Gasteiger charge is -2.17. The molecular weight excluding hydrogens is 335 g/mol. The van der Waals surface area contributed by atoms with Gasteiger partial charge in [0, 0.05) is 6.54 Å². The second-order valence-corrected chi connectivity index (χ2v) is 6.73. The van der Waals surface area contributed by atoms with Gasteiger partial charge >= 0.3 is 6.18 Å². The van der Waals surface area contributed by atoms with Gasteiger partial charge in [0.25, 0.3) is 0 Å². The first-order valence-corrected chi connectivity index (χ1v) is 8.27. The van der Waals surface area contributed by atoms with Crippen LogP contribution in [0.4, 0.5) is 25.1 Å². The van der Waals surface area contributed by atoms with Gasteiger partial charge in [0.1, 0.15) is 6.04 Å². The highest BCUT2D eigenvalue weighted by Crippen LogP contribution is 2.44. The standard InChI is InChI=1S/C16H20F3N5O/c1-10(16(17,18)19)21-14-23-12(4-5-15(9-25)6-7-15)22-13(24-14)20-8-11-2-3-11/h10-11,25H,2-3,6-9H2,1H3,(H2,20,21,22,23,24)/t10-/m1/s1. The van der Waals surface area contributed by atoms with Crippen LogP contribution in [0.15, 0.2) is 0 Å². The van der Waals surface area contributed by atoms with Crippen LogP contribution < -0.4 is 10.6 Å². The maximum absolute atomic E-state index is 12.8. The van der Waals surface area contributed by atoms with Crippen molar-refractivity contribution in [1.82, 2.24) is 15.0 Å². The maximum Gasteiger partial charge on any atom is 0.408 e. The first kappa shape index (κ1) is 17.7. The summed E-state index contributed by atoms with van der Waals surface area (Å²) in [4.78, 5) is 12.1. The number of nitrogens with one attached hydrogen (secondary N) is 2. The number of aliphatic hydroxyl groups excluding tert-OH is 1. The van der Waals surface area contributed by atoms with E-state index in [9.17, 15) is 18.3 Å². The van der Waals surface area contributed by atoms with Crippen molar-refractivity contribution in [2.24, 2.45) is 11.3 Å². The molecule has 0 saturated heterocycles. The Morgan fingerprint density at radius 3 is 2.48 bits per heavy atom. The summed E-state index contributed by atoms with van der Waals surface area (Å²) in [5.41, 5.74) is -0.416. The zero-order valence-corrected chi connectivity index (χ0v) is 13.8. The lowest BCUT2D eigenvalue weighted by molar-refractivity contribution is -0.138. The third-order valence-corrected chi connectivity index (χ3v) is 4.31. The van der Waals surface area contributed by atoms with Crippen molar-refractivity contribution >= 4 is 11.9 Å². The van der Waals surface area contributed by atoms with Crippen LogP contribution in [0.1, 0.15) is 38.4 Å². The predicted molar refractivity (Wildman–Crippen MR) is 85.8 cm³/mol. The largest absolute Gasteiger partial charge is 0.408 e. The molecule has 0 aromatic carbocycles. The Balaban J connectivity index is 1.79. The molecule has 0 unspecified atom stereocenters. The average molecular weight is 355 g/mol. The van der Waals surface area contributed by atoms with Gasteiger partial charge in [-0.05, 0) is 44.4 Å². The van der Waals surface area contributed by atoms with E-state index in [1.165, 1.54) is 0 Å². The number of halogens is 3. The number of rotatable bonds is 6. The van der Waals surface area contributed by atoms with E-state index in [1.54, 1.807) is 0 Å². The third-order valence-electron chi connectivity index (χ3n) is 4.31. The van der Waals surface area contributed by atoms with Crippen LogP contribution in [-0.2, 0) is 0 Å². The molecule has 3 rings (SSSR count). The van der Waals surface area contributed by atoms with Crippen molar-refractivity contribution < 1.29 is 18.3 Å². The van der Waals surface area contributed by atoms with Gasteiger partial charge < -0.3 is 15.7 Å². The summed E-state index contributed by atoms with van der Waals surface area (Å²) < 4.78 is 38.3. The van der Waals surface area contributed by atoms with Crippen LogP contribution in [-0.4, -0.2) is 45.4 Å². The van der Waals surface area contributed by atoms with Crippen molar-refractivity contribution in [3.8, 4) is 11.8 Å². The van der Waals surface area contributed by atoms with E-state index in [0.717, 1.165) is 32.6 Å². The molecule has 2 aliphatic rings. The predicted octanol–water partition coefficient (Wildman–Crippen LogP) is 2.18. The molecule has 1 aromatic heterocycles. The topological polar surface area (TPSA) is 83.0 Å². The quantitative estimate of drug-likeness (QED) is 0.679. The van der Waals surface area contributed by atoms with E-state index in [1.807, 2.05) is 0 Å². The summed E-state index contributed by atoms with van der Waals surface area (Å²) >= 11 is 0. The van der Waals surface area contributed by atoms with Crippen LogP contribution >= 0.6 is 0 Å². The molecule has 0 bridgehead atoms. The summed E-state index contributed by atoms with van der Waals surface area (Å²) in [5, 5.41) is 14.6. The van der Waals surface area contributed by atoms with Crippen LogP contribution in [0, 0.1) is 23.2 Å². The SMILES string of the molecule is C[C@@H](Nc1nc(C#CC2(CO)CC2)nc(NCC2CC2)n1)C(F)(F)F. The molecule has 2 fully saturated rings. The second kappa shape index (κ2) is 6.67. The average Bonchev–Trinajstić information content (AvgIpc) is 3.45. The van der Waals surface area contributed by atoms with Gasteiger partial charge in [0.05, 0.1) is 12.0 Å². The summed E-state index contributed by atoms with van der Waals surface area (Å²) in [6.07, 6.45) is -0.565. The Hall–Kier alpha value is -2.08. The number of nitrogens with zero attached hydrogens (tertiary/aromatic N) is 3. The molecule has 0 radical (unpaired) electrons. The molecule has 2 saturated carbocycles. The molecule has 0 amide bonds. The molecule has 1 aromatic rings. The zero-order chi connectivity index (χ0) is 18.1. The van der Waals surface area contributed by atoms with E-state index in [-0.39, 0.29) is 24.3 Å². The van der Waals surface area contributed by atoms with Crippen molar-refractivity contribution in [2.75, 3.05) is 23.8 Å². The Labute approximate surface area is 143 Å². The lowest BCUT2D eigenvalue weighted by Crippen LogP contribution is -2.34. The van der Waals surface area contributed by atoms with Gasteiger partial charge in [-0.3, -0.25) is 0 Å². The maximum atomic E-state index is 12.8. The Morgan fingerprint density at radius 1 is 1.24 bits per heavy atom. The van der Waals surface area contributed by atoms with Crippen LogP contribution in [0.2, 0.25) is 0 Å². The molecule has 2 aliphatic carbocycles. The Bertz CT molecular complexity index is 689. The number of hydrogen-bond donors (Lipinski definition) is 3. The number of anilines is 2. The van der Waals surface area contributed by atoms with Crippen LogP contribution in [0.3, 0.4) is 0 Å². The molecule has 9 heteroatoms. The molecule has 1 heterocycles. The number of hydrogen-bond acceptors (Lipinski definition) is 6. The molecule has 25 heavy (non-hydrogen) atoms. The van der Waals surface area contributed by atoms with Gasteiger partial charge in [-0.25, -0.2) is 0 Å². The van der Waals surface area contributed by atoms with Crippen molar-refractivity contribution in [3.63, 3.8) is 0 Å². The molecule has 3 N–H and O–H groups in total. The normalized spacial score (nSPS) is 19.6. The number of aromatic nitrogens is 3. The second-order valence-electron chi connectivity index (χ2n) is 6.73. The van der Waals surface area contributed by atoms with Crippen LogP contribution in [0.5, 0.6) is 0 Å². The van der Waals surface area contributed by atoms with Crippen LogP contribution in [0.25, 0.3) is 0 Å². The van der Waals surface area contributed by atoms with Gasteiger partial charge in [0.2, 0.25) is 17.7 Å². The third kappa shape index (κ3) is 4.95. The van der Waals surface area contributed by atoms with Gasteiger partial charge in [-0.1, -0.05) is 5.92 Å². The number of alkyl halides is 3. The highest BCUT2D eigenvalue weighted by atomic mass is 19.4. The fraction of sp³-hybridized carbons (Fsp3) is 0.688. The first-order chi connectivity index (χ1) is 11.8.